The van der Waals surface area contributed by atoms with E-state index in [-0.39, 0.29) is 6.04 Å². The Morgan fingerprint density at radius 2 is 2.37 bits per heavy atom. The summed E-state index contributed by atoms with van der Waals surface area (Å²) in [5, 5.41) is 4.01. The lowest BCUT2D eigenvalue weighted by atomic mass is 10.2. The van der Waals surface area contributed by atoms with Crippen molar-refractivity contribution in [1.29, 1.82) is 0 Å². The van der Waals surface area contributed by atoms with Crippen LogP contribution in [0.5, 0.6) is 0 Å². The van der Waals surface area contributed by atoms with Crippen molar-refractivity contribution in [1.82, 2.24) is 24.6 Å². The Morgan fingerprint density at radius 1 is 1.47 bits per heavy atom. The van der Waals surface area contributed by atoms with Crippen LogP contribution < -0.4 is 0 Å². The summed E-state index contributed by atoms with van der Waals surface area (Å²) < 4.78 is 12.7. The summed E-state index contributed by atoms with van der Waals surface area (Å²) in [5.74, 6) is 1.82. The van der Waals surface area contributed by atoms with E-state index < -0.39 is 0 Å². The van der Waals surface area contributed by atoms with Crippen LogP contribution in [0.25, 0.3) is 11.6 Å². The summed E-state index contributed by atoms with van der Waals surface area (Å²) in [6.45, 7) is 5.30. The van der Waals surface area contributed by atoms with Crippen molar-refractivity contribution >= 4 is 0 Å². The molecule has 102 valence electrons. The molecule has 3 heterocycles. The van der Waals surface area contributed by atoms with Gasteiger partial charge >= 0.3 is 0 Å². The summed E-state index contributed by atoms with van der Waals surface area (Å²) in [4.78, 5) is 10.9. The summed E-state index contributed by atoms with van der Waals surface area (Å²) in [5.41, 5.74) is 0. The average Bonchev–Trinajstić information content (AvgIpc) is 3.07. The quantitative estimate of drug-likeness (QED) is 0.818. The monoisotopic (exact) mass is 263 g/mol. The molecule has 1 atom stereocenters. The molecule has 0 bridgehead atoms. The minimum absolute atomic E-state index is 0.0419. The van der Waals surface area contributed by atoms with E-state index in [1.165, 1.54) is 0 Å². The largest absolute Gasteiger partial charge is 0.378 e. The molecule has 0 N–H and O–H groups in total. The Balaban J connectivity index is 1.86. The summed E-state index contributed by atoms with van der Waals surface area (Å²) in [6, 6.07) is 0.0419. The zero-order valence-electron chi connectivity index (χ0n) is 11.1. The first-order valence-electron chi connectivity index (χ1n) is 6.42. The molecule has 0 aromatic carbocycles. The third kappa shape index (κ3) is 2.26. The van der Waals surface area contributed by atoms with Crippen molar-refractivity contribution in [3.8, 4) is 11.6 Å². The van der Waals surface area contributed by atoms with Crippen LogP contribution in [0, 0.1) is 0 Å². The Bertz CT molecular complexity index is 550. The van der Waals surface area contributed by atoms with Crippen LogP contribution in [0.2, 0.25) is 0 Å². The maximum atomic E-state index is 5.50. The van der Waals surface area contributed by atoms with E-state index in [0.29, 0.717) is 24.1 Å². The Morgan fingerprint density at radius 3 is 3.11 bits per heavy atom. The number of rotatable bonds is 3. The molecule has 0 spiro atoms. The maximum absolute atomic E-state index is 5.50. The zero-order valence-corrected chi connectivity index (χ0v) is 11.1. The first-order valence-corrected chi connectivity index (χ1v) is 6.42. The number of likely N-dealkylation sites (N-methyl/N-ethyl adjacent to an activating group) is 1. The fourth-order valence-corrected chi connectivity index (χ4v) is 2.29. The molecule has 3 rings (SSSR count). The van der Waals surface area contributed by atoms with Crippen LogP contribution in [0.3, 0.4) is 0 Å². The normalized spacial score (nSPS) is 20.8. The topological polar surface area (TPSA) is 69.2 Å². The number of hydrogen-bond donors (Lipinski definition) is 0. The molecule has 1 aliphatic rings. The number of hydrogen-bond acceptors (Lipinski definition) is 6. The van der Waals surface area contributed by atoms with Crippen LogP contribution in [0.1, 0.15) is 18.9 Å². The highest BCUT2D eigenvalue weighted by atomic mass is 16.5. The van der Waals surface area contributed by atoms with Gasteiger partial charge in [0.15, 0.2) is 5.82 Å². The standard InChI is InChI=1S/C12H17N5O2/c1-3-17-6-7-18-8-9(17)12-14-10(15-19-12)11-13-4-5-16(11)2/h4-5,9H,3,6-8H2,1-2H3. The summed E-state index contributed by atoms with van der Waals surface area (Å²) in [6.07, 6.45) is 3.57. The Hall–Kier alpha value is -1.73. The smallest absolute Gasteiger partial charge is 0.246 e. The van der Waals surface area contributed by atoms with Gasteiger partial charge in [0, 0.05) is 26.0 Å². The van der Waals surface area contributed by atoms with E-state index in [9.17, 15) is 0 Å². The van der Waals surface area contributed by atoms with Gasteiger partial charge in [0.05, 0.1) is 13.2 Å². The Labute approximate surface area is 111 Å². The molecule has 19 heavy (non-hydrogen) atoms. The number of morpholine rings is 1. The minimum atomic E-state index is 0.0419. The van der Waals surface area contributed by atoms with E-state index in [2.05, 4.69) is 26.9 Å². The lowest BCUT2D eigenvalue weighted by molar-refractivity contribution is -0.0172. The van der Waals surface area contributed by atoms with Crippen molar-refractivity contribution < 1.29 is 9.26 Å². The number of imidazole rings is 1. The lowest BCUT2D eigenvalue weighted by Gasteiger charge is -2.31. The minimum Gasteiger partial charge on any atom is -0.378 e. The van der Waals surface area contributed by atoms with Gasteiger partial charge in [0.1, 0.15) is 6.04 Å². The van der Waals surface area contributed by atoms with Crippen LogP contribution in [-0.2, 0) is 11.8 Å². The lowest BCUT2D eigenvalue weighted by Crippen LogP contribution is -2.39. The molecule has 7 heteroatoms. The van der Waals surface area contributed by atoms with Crippen molar-refractivity contribution in [2.24, 2.45) is 7.05 Å². The van der Waals surface area contributed by atoms with Crippen molar-refractivity contribution in [3.05, 3.63) is 18.3 Å². The first kappa shape index (κ1) is 12.3. The maximum Gasteiger partial charge on any atom is 0.246 e. The van der Waals surface area contributed by atoms with Gasteiger partial charge < -0.3 is 13.8 Å². The summed E-state index contributed by atoms with van der Waals surface area (Å²) in [7, 11) is 1.90. The van der Waals surface area contributed by atoms with Crippen LogP contribution in [-0.4, -0.2) is 50.9 Å². The van der Waals surface area contributed by atoms with Crippen molar-refractivity contribution in [2.45, 2.75) is 13.0 Å². The SMILES string of the molecule is CCN1CCOCC1c1nc(-c2nccn2C)no1. The molecule has 1 saturated heterocycles. The zero-order chi connectivity index (χ0) is 13.2. The third-order valence-electron chi connectivity index (χ3n) is 3.39. The van der Waals surface area contributed by atoms with Gasteiger partial charge in [0.25, 0.3) is 0 Å². The van der Waals surface area contributed by atoms with Crippen LogP contribution in [0.4, 0.5) is 0 Å². The van der Waals surface area contributed by atoms with Gasteiger partial charge in [-0.25, -0.2) is 4.98 Å². The van der Waals surface area contributed by atoms with Crippen LogP contribution >= 0.6 is 0 Å². The van der Waals surface area contributed by atoms with Gasteiger partial charge in [-0.2, -0.15) is 4.98 Å². The van der Waals surface area contributed by atoms with Gasteiger partial charge in [-0.05, 0) is 6.54 Å². The second-order valence-electron chi connectivity index (χ2n) is 4.54. The fourth-order valence-electron chi connectivity index (χ4n) is 2.29. The predicted molar refractivity (Wildman–Crippen MR) is 67.3 cm³/mol. The highest BCUT2D eigenvalue weighted by Gasteiger charge is 2.29. The molecular weight excluding hydrogens is 246 g/mol. The number of aromatic nitrogens is 4. The molecule has 2 aromatic rings. The molecule has 0 aliphatic carbocycles. The molecule has 0 radical (unpaired) electrons. The van der Waals surface area contributed by atoms with Gasteiger partial charge in [-0.1, -0.05) is 12.1 Å². The van der Waals surface area contributed by atoms with E-state index in [4.69, 9.17) is 9.26 Å². The molecule has 7 nitrogen and oxygen atoms in total. The van der Waals surface area contributed by atoms with Crippen molar-refractivity contribution in [3.63, 3.8) is 0 Å². The number of ether oxygens (including phenoxy) is 1. The van der Waals surface area contributed by atoms with Crippen molar-refractivity contribution in [2.75, 3.05) is 26.3 Å². The third-order valence-corrected chi connectivity index (χ3v) is 3.39. The second-order valence-corrected chi connectivity index (χ2v) is 4.54. The highest BCUT2D eigenvalue weighted by Crippen LogP contribution is 2.24. The van der Waals surface area contributed by atoms with Gasteiger partial charge in [-0.15, -0.1) is 0 Å². The molecule has 0 saturated carbocycles. The molecule has 1 fully saturated rings. The second kappa shape index (κ2) is 5.10. The van der Waals surface area contributed by atoms with E-state index in [1.54, 1.807) is 6.20 Å². The molecule has 2 aromatic heterocycles. The van der Waals surface area contributed by atoms with E-state index in [1.807, 2.05) is 17.8 Å². The van der Waals surface area contributed by atoms with E-state index >= 15 is 0 Å². The number of aryl methyl sites for hydroxylation is 1. The number of nitrogens with zero attached hydrogens (tertiary/aromatic N) is 5. The Kier molecular flexibility index (Phi) is 3.31. The summed E-state index contributed by atoms with van der Waals surface area (Å²) >= 11 is 0. The molecule has 1 unspecified atom stereocenters. The molecule has 1 aliphatic heterocycles. The van der Waals surface area contributed by atoms with Gasteiger partial charge in [0.2, 0.25) is 11.7 Å². The molecular formula is C12H17N5O2. The van der Waals surface area contributed by atoms with Crippen LogP contribution in [0.15, 0.2) is 16.9 Å². The van der Waals surface area contributed by atoms with Gasteiger partial charge in [-0.3, -0.25) is 4.90 Å². The fraction of sp³-hybridized carbons (Fsp3) is 0.583. The highest BCUT2D eigenvalue weighted by molar-refractivity contribution is 5.42. The van der Waals surface area contributed by atoms with E-state index in [0.717, 1.165) is 19.7 Å². The molecule has 0 amide bonds. The average molecular weight is 263 g/mol. The first-order chi connectivity index (χ1) is 9.29. The predicted octanol–water partition coefficient (Wildman–Crippen LogP) is 0.863.